The molecule has 0 N–H and O–H groups in total. The summed E-state index contributed by atoms with van der Waals surface area (Å²) in [6.07, 6.45) is 0. The monoisotopic (exact) mass is 1280 g/mol. The molecule has 7 heterocycles. The van der Waals surface area contributed by atoms with Crippen LogP contribution in [0, 0.1) is 27.7 Å². The largest absolute Gasteiger partial charge is 0.458 e. The number of fused-ring (bicyclic) bond motifs is 15. The third-order valence-corrected chi connectivity index (χ3v) is 23.0. The Labute approximate surface area is 571 Å². The van der Waals surface area contributed by atoms with Crippen LogP contribution in [0.3, 0.4) is 0 Å². The summed E-state index contributed by atoms with van der Waals surface area (Å²) in [5, 5.41) is 4.75. The summed E-state index contributed by atoms with van der Waals surface area (Å²) in [5.74, 6) is 3.35. The number of para-hydroxylation sites is 7. The van der Waals surface area contributed by atoms with E-state index in [2.05, 4.69) is 337 Å². The van der Waals surface area contributed by atoms with Crippen molar-refractivity contribution in [2.45, 2.75) is 27.7 Å². The van der Waals surface area contributed by atoms with Crippen LogP contribution in [0.4, 0.5) is 68.2 Å². The predicted octanol–water partition coefficient (Wildman–Crippen LogP) is 20.2. The summed E-state index contributed by atoms with van der Waals surface area (Å²) in [6.45, 7) is 8.49. The van der Waals surface area contributed by atoms with Crippen molar-refractivity contribution in [3.05, 3.63) is 307 Å². The molecule has 0 amide bonds. The number of benzene rings is 13. The van der Waals surface area contributed by atoms with Crippen LogP contribution in [0.15, 0.2) is 285 Å². The molecular formula is C86H59B2N5O2S2. The standard InChI is InChI=1S/C86H59B2N5O2S2/c1-52-26-14-20-38-67(52)90(68-39-21-15-27-53(68)2)59-44-73-81-77(46-59)94-75-50-71-63(48-65(75)87(81)85-83(61-36-18-24-42-79(61)96-85)92(73)57-32-10-6-11-33-57)64-49-66-76(51-72(64)89(71)56-30-8-5-9-31-56)95-78-47-60(91(69-40-22-16-28-54(69)3)70-41-23-17-29-55(70)4)45-74-82(78)88(66)86-84(62-37-19-25-43-80(62)97-86)93(74)58-34-12-7-13-35-58/h5-51H,1-4H3. The van der Waals surface area contributed by atoms with Crippen molar-refractivity contribution >= 4 is 178 Å². The molecule has 16 aromatic rings. The minimum Gasteiger partial charge on any atom is -0.458 e. The zero-order valence-corrected chi connectivity index (χ0v) is 55.3. The summed E-state index contributed by atoms with van der Waals surface area (Å²) >= 11 is 3.81. The molecule has 97 heavy (non-hydrogen) atoms. The van der Waals surface area contributed by atoms with E-state index in [0.717, 1.165) is 129 Å². The highest BCUT2D eigenvalue weighted by atomic mass is 32.1. The molecule has 0 aliphatic carbocycles. The van der Waals surface area contributed by atoms with Crippen molar-refractivity contribution in [2.24, 2.45) is 0 Å². The normalized spacial score (nSPS) is 13.0. The Morgan fingerprint density at radius 3 is 1.04 bits per heavy atom. The van der Waals surface area contributed by atoms with E-state index < -0.39 is 0 Å². The van der Waals surface area contributed by atoms with Gasteiger partial charge in [-0.3, -0.25) is 0 Å². The number of thiophene rings is 2. The number of ether oxygens (including phenoxy) is 2. The van der Waals surface area contributed by atoms with E-state index in [1.54, 1.807) is 0 Å². The second-order valence-electron chi connectivity index (χ2n) is 26.1. The third-order valence-electron chi connectivity index (χ3n) is 20.5. The van der Waals surface area contributed by atoms with Crippen LogP contribution >= 0.6 is 22.7 Å². The van der Waals surface area contributed by atoms with E-state index >= 15 is 0 Å². The Morgan fingerprint density at radius 2 is 0.660 bits per heavy atom. The molecule has 0 radical (unpaired) electrons. The van der Waals surface area contributed by atoms with Crippen LogP contribution in [0.5, 0.6) is 23.0 Å². The Hall–Kier alpha value is -11.5. The molecule has 13 aromatic carbocycles. The van der Waals surface area contributed by atoms with E-state index in [1.165, 1.54) is 63.4 Å². The van der Waals surface area contributed by atoms with Gasteiger partial charge in [0, 0.05) is 116 Å². The first kappa shape index (κ1) is 55.9. The van der Waals surface area contributed by atoms with Gasteiger partial charge in [-0.05, 0) is 157 Å². The number of aryl methyl sites for hydroxylation is 4. The van der Waals surface area contributed by atoms with Crippen molar-refractivity contribution < 1.29 is 9.47 Å². The fourth-order valence-electron chi connectivity index (χ4n) is 16.2. The van der Waals surface area contributed by atoms with Crippen LogP contribution in [-0.4, -0.2) is 18.0 Å². The maximum atomic E-state index is 7.74. The summed E-state index contributed by atoms with van der Waals surface area (Å²) in [6, 6.07) is 105. The molecular weight excluding hydrogens is 1220 g/mol. The SMILES string of the molecule is Cc1ccccc1N(c1cc2c3c(c1)N(c1ccccc1)c1c(sc4ccccc14)B3c1cc3c4cc5c(cc4n(-c4ccccc4)c3cc1O2)Oc1cc(N(c2ccccc2C)c2ccccc2C)cc2c1B5c1sc3ccccc3c1N2c1ccccc1)c1ccccc1C. The molecule has 3 aromatic heterocycles. The second kappa shape index (κ2) is 21.5. The molecule has 0 atom stereocenters. The molecule has 0 fully saturated rings. The summed E-state index contributed by atoms with van der Waals surface area (Å²) in [4.78, 5) is 9.90. The predicted molar refractivity (Wildman–Crippen MR) is 412 cm³/mol. The molecule has 20 rings (SSSR count). The Bertz CT molecular complexity index is 5530. The van der Waals surface area contributed by atoms with Crippen LogP contribution in [0.2, 0.25) is 0 Å². The van der Waals surface area contributed by atoms with Crippen molar-refractivity contribution in [3.8, 4) is 28.7 Å². The van der Waals surface area contributed by atoms with Gasteiger partial charge in [0.25, 0.3) is 13.4 Å². The van der Waals surface area contributed by atoms with Gasteiger partial charge < -0.3 is 33.6 Å². The first-order chi connectivity index (χ1) is 47.8. The first-order valence-electron chi connectivity index (χ1n) is 33.3. The maximum Gasteiger partial charge on any atom is 0.268 e. The second-order valence-corrected chi connectivity index (χ2v) is 28.3. The number of rotatable bonds is 9. The highest BCUT2D eigenvalue weighted by Crippen LogP contribution is 2.53. The van der Waals surface area contributed by atoms with Gasteiger partial charge in [0.2, 0.25) is 0 Å². The maximum absolute atomic E-state index is 7.74. The zero-order chi connectivity index (χ0) is 64.3. The summed E-state index contributed by atoms with van der Waals surface area (Å²) < 4.78 is 23.0. The Morgan fingerprint density at radius 1 is 0.320 bits per heavy atom. The van der Waals surface area contributed by atoms with Gasteiger partial charge in [-0.25, -0.2) is 0 Å². The summed E-state index contributed by atoms with van der Waals surface area (Å²) in [7, 11) is 0. The van der Waals surface area contributed by atoms with Crippen molar-refractivity contribution in [1.29, 1.82) is 0 Å². The van der Waals surface area contributed by atoms with E-state index in [0.29, 0.717) is 0 Å². The first-order valence-corrected chi connectivity index (χ1v) is 34.9. The number of anilines is 12. The lowest BCUT2D eigenvalue weighted by molar-refractivity contribution is 0.488. The minimum absolute atomic E-state index is 0.174. The average molecular weight is 1280 g/mol. The molecule has 0 saturated heterocycles. The molecule has 0 spiro atoms. The van der Waals surface area contributed by atoms with Gasteiger partial charge in [0.05, 0.1) is 33.8 Å². The van der Waals surface area contributed by atoms with Gasteiger partial charge in [-0.15, -0.1) is 22.7 Å². The molecule has 4 aliphatic heterocycles. The van der Waals surface area contributed by atoms with Crippen molar-refractivity contribution in [1.82, 2.24) is 4.57 Å². The number of hydrogen-bond acceptors (Lipinski definition) is 8. The van der Waals surface area contributed by atoms with E-state index in [4.69, 9.17) is 9.47 Å². The van der Waals surface area contributed by atoms with Gasteiger partial charge >= 0.3 is 0 Å². The van der Waals surface area contributed by atoms with Crippen molar-refractivity contribution in [3.63, 3.8) is 0 Å². The molecule has 0 unspecified atom stereocenters. The van der Waals surface area contributed by atoms with Gasteiger partial charge in [-0.2, -0.15) is 0 Å². The highest BCUT2D eigenvalue weighted by Gasteiger charge is 2.48. The smallest absolute Gasteiger partial charge is 0.268 e. The average Bonchev–Trinajstić information content (AvgIpc) is 1.65. The number of nitrogens with zero attached hydrogens (tertiary/aromatic N) is 5. The van der Waals surface area contributed by atoms with E-state index in [1.807, 2.05) is 22.7 Å². The minimum atomic E-state index is -0.174. The Kier molecular flexibility index (Phi) is 12.4. The Balaban J connectivity index is 0.859. The van der Waals surface area contributed by atoms with Crippen LogP contribution in [-0.2, 0) is 0 Å². The molecule has 7 nitrogen and oxygen atoms in total. The lowest BCUT2D eigenvalue weighted by Crippen LogP contribution is -2.58. The fourth-order valence-corrected chi connectivity index (χ4v) is 18.8. The molecule has 0 saturated carbocycles. The van der Waals surface area contributed by atoms with Crippen LogP contribution in [0.25, 0.3) is 47.7 Å². The molecule has 458 valence electrons. The van der Waals surface area contributed by atoms with Crippen LogP contribution < -0.4 is 60.5 Å². The fraction of sp³-hybridized carbons (Fsp3) is 0.0465. The number of hydrogen-bond donors (Lipinski definition) is 0. The van der Waals surface area contributed by atoms with Gasteiger partial charge in [0.15, 0.2) is 0 Å². The molecule has 4 aliphatic rings. The topological polar surface area (TPSA) is 36.4 Å². The number of aromatic nitrogens is 1. The van der Waals surface area contributed by atoms with Gasteiger partial charge in [0.1, 0.15) is 23.0 Å². The quantitative estimate of drug-likeness (QED) is 0.134. The van der Waals surface area contributed by atoms with Gasteiger partial charge in [-0.1, -0.05) is 176 Å². The zero-order valence-electron chi connectivity index (χ0n) is 53.7. The lowest BCUT2D eigenvalue weighted by atomic mass is 9.36. The summed E-state index contributed by atoms with van der Waals surface area (Å²) in [5.41, 5.74) is 25.7. The van der Waals surface area contributed by atoms with Crippen LogP contribution in [0.1, 0.15) is 22.3 Å². The van der Waals surface area contributed by atoms with E-state index in [-0.39, 0.29) is 13.4 Å². The highest BCUT2D eigenvalue weighted by molar-refractivity contribution is 7.34. The third kappa shape index (κ3) is 8.35. The molecule has 11 heteroatoms. The van der Waals surface area contributed by atoms with E-state index in [9.17, 15) is 0 Å². The molecule has 0 bridgehead atoms. The van der Waals surface area contributed by atoms with Crippen molar-refractivity contribution in [2.75, 3.05) is 19.6 Å². The lowest BCUT2D eigenvalue weighted by Gasteiger charge is -2.40.